The monoisotopic (exact) mass is 311 g/mol. The molecule has 1 amide bonds. The van der Waals surface area contributed by atoms with E-state index in [1.807, 2.05) is 0 Å². The van der Waals surface area contributed by atoms with Gasteiger partial charge >= 0.3 is 0 Å². The van der Waals surface area contributed by atoms with Crippen LogP contribution in [-0.2, 0) is 19.4 Å². The molecule has 0 spiro atoms. The molecule has 2 N–H and O–H groups in total. The van der Waals surface area contributed by atoms with E-state index in [0.717, 1.165) is 37.9 Å². The molecule has 0 aliphatic carbocycles. The average molecular weight is 311 g/mol. The van der Waals surface area contributed by atoms with Crippen molar-refractivity contribution in [1.29, 1.82) is 0 Å². The highest BCUT2D eigenvalue weighted by atomic mass is 32.2. The highest BCUT2D eigenvalue weighted by Gasteiger charge is 2.24. The van der Waals surface area contributed by atoms with Crippen molar-refractivity contribution >= 4 is 15.7 Å². The van der Waals surface area contributed by atoms with Gasteiger partial charge in [0.2, 0.25) is 5.91 Å². The molecule has 116 valence electrons. The standard InChI is InChI=1S/C15H21NO4S/c1-21(18,19)13-4-2-12(3-5-13)14(15(16)17)10-11-6-8-20-9-7-11/h2-5,11,14H,6-10H2,1H3,(H2,16,17). The lowest BCUT2D eigenvalue weighted by atomic mass is 9.85. The van der Waals surface area contributed by atoms with Crippen molar-refractivity contribution in [3.05, 3.63) is 29.8 Å². The summed E-state index contributed by atoms with van der Waals surface area (Å²) in [5.41, 5.74) is 6.30. The summed E-state index contributed by atoms with van der Waals surface area (Å²) in [6, 6.07) is 6.44. The number of hydrogen-bond donors (Lipinski definition) is 1. The average Bonchev–Trinajstić information content (AvgIpc) is 2.45. The fraction of sp³-hybridized carbons (Fsp3) is 0.533. The Morgan fingerprint density at radius 2 is 1.86 bits per heavy atom. The molecular weight excluding hydrogens is 290 g/mol. The van der Waals surface area contributed by atoms with Crippen molar-refractivity contribution in [3.8, 4) is 0 Å². The zero-order chi connectivity index (χ0) is 15.5. The second kappa shape index (κ2) is 6.58. The van der Waals surface area contributed by atoms with Crippen LogP contribution in [0.3, 0.4) is 0 Å². The summed E-state index contributed by atoms with van der Waals surface area (Å²) in [4.78, 5) is 12.0. The molecule has 0 aromatic heterocycles. The zero-order valence-corrected chi connectivity index (χ0v) is 12.9. The number of carbonyl (C=O) groups is 1. The van der Waals surface area contributed by atoms with Gasteiger partial charge in [-0.05, 0) is 42.9 Å². The maximum absolute atomic E-state index is 11.7. The van der Waals surface area contributed by atoms with Crippen LogP contribution in [0.4, 0.5) is 0 Å². The van der Waals surface area contributed by atoms with E-state index >= 15 is 0 Å². The van der Waals surface area contributed by atoms with E-state index in [0.29, 0.717) is 12.3 Å². The molecule has 21 heavy (non-hydrogen) atoms. The molecule has 1 heterocycles. The van der Waals surface area contributed by atoms with Crippen molar-refractivity contribution in [1.82, 2.24) is 0 Å². The van der Waals surface area contributed by atoms with Crippen molar-refractivity contribution in [3.63, 3.8) is 0 Å². The van der Waals surface area contributed by atoms with Gasteiger partial charge in [0.15, 0.2) is 9.84 Å². The minimum atomic E-state index is -3.23. The number of rotatable bonds is 5. The number of carbonyl (C=O) groups excluding carboxylic acids is 1. The second-order valence-electron chi connectivity index (χ2n) is 5.59. The summed E-state index contributed by atoms with van der Waals surface area (Å²) < 4.78 is 28.2. The molecule has 1 aromatic rings. The van der Waals surface area contributed by atoms with Gasteiger partial charge < -0.3 is 10.5 Å². The normalized spacial score (nSPS) is 18.3. The first-order valence-electron chi connectivity index (χ1n) is 7.05. The molecule has 5 nitrogen and oxygen atoms in total. The van der Waals surface area contributed by atoms with Crippen molar-refractivity contribution in [2.24, 2.45) is 11.7 Å². The van der Waals surface area contributed by atoms with Crippen LogP contribution in [0.5, 0.6) is 0 Å². The molecule has 0 saturated carbocycles. The number of ether oxygens (including phenoxy) is 1. The molecule has 1 aliphatic heterocycles. The molecule has 1 saturated heterocycles. The number of hydrogen-bond acceptors (Lipinski definition) is 4. The molecule has 1 aliphatic rings. The van der Waals surface area contributed by atoms with Crippen LogP contribution in [0, 0.1) is 5.92 Å². The van der Waals surface area contributed by atoms with Crippen LogP contribution in [0.25, 0.3) is 0 Å². The van der Waals surface area contributed by atoms with Gasteiger partial charge in [-0.1, -0.05) is 12.1 Å². The van der Waals surface area contributed by atoms with E-state index in [1.54, 1.807) is 12.1 Å². The number of nitrogens with two attached hydrogens (primary N) is 1. The Bertz CT molecular complexity index is 589. The Morgan fingerprint density at radius 3 is 2.33 bits per heavy atom. The van der Waals surface area contributed by atoms with E-state index in [4.69, 9.17) is 10.5 Å². The maximum Gasteiger partial charge on any atom is 0.224 e. The first-order valence-corrected chi connectivity index (χ1v) is 8.94. The second-order valence-corrected chi connectivity index (χ2v) is 7.60. The minimum absolute atomic E-state index is 0.250. The summed E-state index contributed by atoms with van der Waals surface area (Å²) in [5, 5.41) is 0. The Hall–Kier alpha value is -1.40. The highest BCUT2D eigenvalue weighted by Crippen LogP contribution is 2.29. The molecule has 1 unspecified atom stereocenters. The first-order chi connectivity index (χ1) is 9.88. The SMILES string of the molecule is CS(=O)(=O)c1ccc(C(CC2CCOCC2)C(N)=O)cc1. The van der Waals surface area contributed by atoms with E-state index in [1.165, 1.54) is 12.1 Å². The smallest absolute Gasteiger partial charge is 0.224 e. The van der Waals surface area contributed by atoms with E-state index < -0.39 is 9.84 Å². The highest BCUT2D eigenvalue weighted by molar-refractivity contribution is 7.90. The lowest BCUT2D eigenvalue weighted by Gasteiger charge is -2.25. The molecule has 1 fully saturated rings. The fourth-order valence-corrected chi connectivity index (χ4v) is 3.31. The largest absolute Gasteiger partial charge is 0.381 e. The van der Waals surface area contributed by atoms with Crippen LogP contribution in [-0.4, -0.2) is 33.8 Å². The predicted molar refractivity (Wildman–Crippen MR) is 79.6 cm³/mol. The van der Waals surface area contributed by atoms with Gasteiger partial charge in [-0.3, -0.25) is 4.79 Å². The summed E-state index contributed by atoms with van der Waals surface area (Å²) >= 11 is 0. The lowest BCUT2D eigenvalue weighted by molar-refractivity contribution is -0.120. The van der Waals surface area contributed by atoms with Crippen LogP contribution in [0.15, 0.2) is 29.2 Å². The number of benzene rings is 1. The molecule has 0 radical (unpaired) electrons. The Labute approximate surface area is 125 Å². The lowest BCUT2D eigenvalue weighted by Crippen LogP contribution is -2.26. The van der Waals surface area contributed by atoms with Gasteiger partial charge in [0.25, 0.3) is 0 Å². The van der Waals surface area contributed by atoms with Crippen LogP contribution in [0.1, 0.15) is 30.7 Å². The van der Waals surface area contributed by atoms with Gasteiger partial charge in [-0.15, -0.1) is 0 Å². The zero-order valence-electron chi connectivity index (χ0n) is 12.1. The van der Waals surface area contributed by atoms with Crippen LogP contribution < -0.4 is 5.73 Å². The molecule has 1 atom stereocenters. The molecule has 2 rings (SSSR count). The first kappa shape index (κ1) is 16.0. The van der Waals surface area contributed by atoms with Crippen molar-refractivity contribution < 1.29 is 17.9 Å². The van der Waals surface area contributed by atoms with Gasteiger partial charge in [0.1, 0.15) is 0 Å². The van der Waals surface area contributed by atoms with Gasteiger partial charge in [-0.2, -0.15) is 0 Å². The maximum atomic E-state index is 11.7. The van der Waals surface area contributed by atoms with E-state index in [-0.39, 0.29) is 16.7 Å². The van der Waals surface area contributed by atoms with Crippen LogP contribution >= 0.6 is 0 Å². The third-order valence-electron chi connectivity index (χ3n) is 3.96. The summed E-state index contributed by atoms with van der Waals surface area (Å²) in [7, 11) is -3.23. The van der Waals surface area contributed by atoms with E-state index in [2.05, 4.69) is 0 Å². The van der Waals surface area contributed by atoms with Gasteiger partial charge in [0, 0.05) is 19.5 Å². The topological polar surface area (TPSA) is 86.5 Å². The number of sulfone groups is 1. The molecule has 0 bridgehead atoms. The number of primary amides is 1. The molecule has 6 heteroatoms. The number of amides is 1. The van der Waals surface area contributed by atoms with Crippen LogP contribution in [0.2, 0.25) is 0 Å². The van der Waals surface area contributed by atoms with Gasteiger partial charge in [-0.25, -0.2) is 8.42 Å². The van der Waals surface area contributed by atoms with E-state index in [9.17, 15) is 13.2 Å². The Balaban J connectivity index is 2.16. The summed E-state index contributed by atoms with van der Waals surface area (Å²) in [6.45, 7) is 1.45. The fourth-order valence-electron chi connectivity index (χ4n) is 2.68. The Morgan fingerprint density at radius 1 is 1.29 bits per heavy atom. The minimum Gasteiger partial charge on any atom is -0.381 e. The predicted octanol–water partition coefficient (Wildman–Crippen LogP) is 1.48. The third-order valence-corrected chi connectivity index (χ3v) is 5.09. The molecule has 1 aromatic carbocycles. The summed E-state index contributed by atoms with van der Waals surface area (Å²) in [6.07, 6.45) is 3.73. The van der Waals surface area contributed by atoms with Crippen molar-refractivity contribution in [2.45, 2.75) is 30.1 Å². The van der Waals surface area contributed by atoms with Gasteiger partial charge in [0.05, 0.1) is 10.8 Å². The molecular formula is C15H21NO4S. The third kappa shape index (κ3) is 4.28. The summed E-state index contributed by atoms with van der Waals surface area (Å²) in [5.74, 6) is -0.318. The quantitative estimate of drug-likeness (QED) is 0.892. The Kier molecular flexibility index (Phi) is 5.00. The van der Waals surface area contributed by atoms with Crippen molar-refractivity contribution in [2.75, 3.05) is 19.5 Å².